The summed E-state index contributed by atoms with van der Waals surface area (Å²) < 4.78 is 2.36. The van der Waals surface area contributed by atoms with Crippen LogP contribution in [0.25, 0.3) is 78.1 Å². The van der Waals surface area contributed by atoms with Crippen LogP contribution < -0.4 is 4.90 Å². The second-order valence-electron chi connectivity index (χ2n) is 14.7. The van der Waals surface area contributed by atoms with Gasteiger partial charge in [0, 0.05) is 33.5 Å². The molecule has 1 heterocycles. The fourth-order valence-electron chi connectivity index (χ4n) is 8.16. The maximum absolute atomic E-state index is 3.88. The second-order valence-corrected chi connectivity index (χ2v) is 14.7. The van der Waals surface area contributed by atoms with Gasteiger partial charge in [-0.2, -0.15) is 0 Å². The highest BCUT2D eigenvalue weighted by Crippen LogP contribution is 2.39. The summed E-state index contributed by atoms with van der Waals surface area (Å²) in [7, 11) is 0. The van der Waals surface area contributed by atoms with E-state index in [9.17, 15) is 0 Å². The summed E-state index contributed by atoms with van der Waals surface area (Å²) in [6.07, 6.45) is 1.88. The highest BCUT2D eigenvalue weighted by molar-refractivity contribution is 6.09. The first kappa shape index (κ1) is 34.8. The molecule has 0 aliphatic carbocycles. The van der Waals surface area contributed by atoms with Crippen molar-refractivity contribution < 1.29 is 0 Å². The van der Waals surface area contributed by atoms with Crippen molar-refractivity contribution in [1.82, 2.24) is 4.57 Å². The van der Waals surface area contributed by atoms with E-state index in [1.54, 1.807) is 0 Å². The highest BCUT2D eigenvalue weighted by Gasteiger charge is 2.15. The van der Waals surface area contributed by atoms with E-state index in [0.717, 1.165) is 28.3 Å². The summed E-state index contributed by atoms with van der Waals surface area (Å²) in [6, 6.07) is 80.8. The Hall–Kier alpha value is -7.68. The molecule has 0 bridgehead atoms. The van der Waals surface area contributed by atoms with Gasteiger partial charge in [0.2, 0.25) is 0 Å². The molecular weight excluding hydrogens is 701 g/mol. The average molecular weight is 741 g/mol. The summed E-state index contributed by atoms with van der Waals surface area (Å²) in [5.74, 6) is 0. The van der Waals surface area contributed by atoms with Crippen LogP contribution in [0.4, 0.5) is 17.1 Å². The van der Waals surface area contributed by atoms with Gasteiger partial charge in [-0.3, -0.25) is 0 Å². The third-order valence-electron chi connectivity index (χ3n) is 11.2. The Kier molecular flexibility index (Phi) is 9.06. The van der Waals surface area contributed by atoms with Crippen molar-refractivity contribution in [3.8, 4) is 50.2 Å². The largest absolute Gasteiger partial charge is 0.311 e. The van der Waals surface area contributed by atoms with Gasteiger partial charge in [-0.15, -0.1) is 0 Å². The Morgan fingerprint density at radius 2 is 0.621 bits per heavy atom. The molecule has 1 aromatic heterocycles. The van der Waals surface area contributed by atoms with Crippen molar-refractivity contribution in [2.45, 2.75) is 0 Å². The first-order chi connectivity index (χ1) is 28.7. The van der Waals surface area contributed by atoms with E-state index in [-0.39, 0.29) is 0 Å². The van der Waals surface area contributed by atoms with Gasteiger partial charge < -0.3 is 9.47 Å². The van der Waals surface area contributed by atoms with Crippen LogP contribution in [0.3, 0.4) is 0 Å². The zero-order valence-corrected chi connectivity index (χ0v) is 32.0. The molecule has 0 unspecified atom stereocenters. The van der Waals surface area contributed by atoms with Gasteiger partial charge in [0.25, 0.3) is 0 Å². The number of rotatable bonds is 9. The molecule has 0 aliphatic rings. The van der Waals surface area contributed by atoms with Crippen LogP contribution in [0.2, 0.25) is 0 Å². The number of benzene rings is 9. The quantitative estimate of drug-likeness (QED) is 0.143. The Labute approximate surface area is 339 Å². The standard InChI is InChI=1S/C56H40N2/c1-2-40-16-18-42(19-17-40)43-20-22-44(23-21-43)46-26-34-50(35-27-46)57(49-32-24-45(25-33-49)41-10-4-3-5-11-41)51-36-28-47(29-37-51)48-30-38-52(39-31-48)58-55-14-8-6-12-53(55)54-13-7-9-15-56(54)58/h2-39H,1H2. The zero-order chi connectivity index (χ0) is 38.8. The molecule has 0 radical (unpaired) electrons. The van der Waals surface area contributed by atoms with Gasteiger partial charge in [0.1, 0.15) is 0 Å². The lowest BCUT2D eigenvalue weighted by Crippen LogP contribution is -2.09. The predicted octanol–water partition coefficient (Wildman–Crippen LogP) is 15.6. The third kappa shape index (κ3) is 6.57. The zero-order valence-electron chi connectivity index (χ0n) is 32.0. The highest BCUT2D eigenvalue weighted by atomic mass is 15.1. The van der Waals surface area contributed by atoms with E-state index in [0.29, 0.717) is 0 Å². The number of anilines is 3. The van der Waals surface area contributed by atoms with Gasteiger partial charge >= 0.3 is 0 Å². The van der Waals surface area contributed by atoms with E-state index in [2.05, 4.69) is 241 Å². The maximum Gasteiger partial charge on any atom is 0.0541 e. The maximum atomic E-state index is 3.88. The van der Waals surface area contributed by atoms with E-state index < -0.39 is 0 Å². The molecule has 0 N–H and O–H groups in total. The molecule has 0 saturated carbocycles. The molecule has 0 amide bonds. The Balaban J connectivity index is 0.956. The van der Waals surface area contributed by atoms with Gasteiger partial charge in [0.05, 0.1) is 11.0 Å². The van der Waals surface area contributed by atoms with Crippen molar-refractivity contribution in [2.24, 2.45) is 0 Å². The molecule has 274 valence electrons. The fraction of sp³-hybridized carbons (Fsp3) is 0. The molecule has 0 atom stereocenters. The normalized spacial score (nSPS) is 11.2. The van der Waals surface area contributed by atoms with E-state index in [1.165, 1.54) is 66.3 Å². The first-order valence-electron chi connectivity index (χ1n) is 19.8. The minimum Gasteiger partial charge on any atom is -0.311 e. The van der Waals surface area contributed by atoms with Crippen molar-refractivity contribution in [3.05, 3.63) is 237 Å². The van der Waals surface area contributed by atoms with Crippen molar-refractivity contribution in [3.63, 3.8) is 0 Å². The van der Waals surface area contributed by atoms with Crippen molar-refractivity contribution in [2.75, 3.05) is 4.90 Å². The van der Waals surface area contributed by atoms with Crippen molar-refractivity contribution >= 4 is 44.9 Å². The Morgan fingerprint density at radius 3 is 1.02 bits per heavy atom. The molecule has 10 rings (SSSR count). The summed E-state index contributed by atoms with van der Waals surface area (Å²) in [5, 5.41) is 2.54. The molecule has 58 heavy (non-hydrogen) atoms. The molecule has 0 spiro atoms. The second kappa shape index (κ2) is 15.1. The average Bonchev–Trinajstić information content (AvgIpc) is 3.65. The van der Waals surface area contributed by atoms with E-state index >= 15 is 0 Å². The number of fused-ring (bicyclic) bond motifs is 3. The van der Waals surface area contributed by atoms with Crippen LogP contribution in [0.5, 0.6) is 0 Å². The molecule has 0 fully saturated rings. The first-order valence-corrected chi connectivity index (χ1v) is 19.8. The molecule has 0 aliphatic heterocycles. The molecule has 2 nitrogen and oxygen atoms in total. The Morgan fingerprint density at radius 1 is 0.310 bits per heavy atom. The lowest BCUT2D eigenvalue weighted by molar-refractivity contribution is 1.18. The van der Waals surface area contributed by atoms with E-state index in [4.69, 9.17) is 0 Å². The number of nitrogens with zero attached hydrogens (tertiary/aromatic N) is 2. The van der Waals surface area contributed by atoms with Gasteiger partial charge in [-0.05, 0) is 111 Å². The van der Waals surface area contributed by atoms with Crippen LogP contribution in [0, 0.1) is 0 Å². The fourth-order valence-corrected chi connectivity index (χ4v) is 8.16. The number of hydrogen-bond acceptors (Lipinski definition) is 1. The van der Waals surface area contributed by atoms with E-state index in [1.807, 2.05) is 6.08 Å². The number of aromatic nitrogens is 1. The Bertz CT molecular complexity index is 2940. The molecule has 2 heteroatoms. The van der Waals surface area contributed by atoms with Crippen LogP contribution >= 0.6 is 0 Å². The van der Waals surface area contributed by atoms with Crippen LogP contribution in [-0.4, -0.2) is 4.57 Å². The SMILES string of the molecule is C=Cc1ccc(-c2ccc(-c3ccc(N(c4ccc(-c5ccccc5)cc4)c4ccc(-c5ccc(-n6c7ccccc7c7ccccc76)cc5)cc4)cc3)cc2)cc1. The van der Waals surface area contributed by atoms with Gasteiger partial charge in [-0.25, -0.2) is 0 Å². The third-order valence-corrected chi connectivity index (χ3v) is 11.2. The lowest BCUT2D eigenvalue weighted by atomic mass is 9.99. The minimum atomic E-state index is 1.10. The molecule has 9 aromatic carbocycles. The summed E-state index contributed by atoms with van der Waals surface area (Å²) >= 11 is 0. The summed E-state index contributed by atoms with van der Waals surface area (Å²) in [6.45, 7) is 3.88. The number of para-hydroxylation sites is 2. The van der Waals surface area contributed by atoms with Gasteiger partial charge in [0.15, 0.2) is 0 Å². The monoisotopic (exact) mass is 740 g/mol. The number of hydrogen-bond donors (Lipinski definition) is 0. The summed E-state index contributed by atoms with van der Waals surface area (Å²) in [5.41, 5.74) is 17.5. The van der Waals surface area contributed by atoms with Crippen molar-refractivity contribution in [1.29, 1.82) is 0 Å². The minimum absolute atomic E-state index is 1.10. The molecular formula is C56H40N2. The topological polar surface area (TPSA) is 8.17 Å². The molecule has 10 aromatic rings. The molecule has 0 saturated heterocycles. The summed E-state index contributed by atoms with van der Waals surface area (Å²) in [4.78, 5) is 2.34. The van der Waals surface area contributed by atoms with Crippen LogP contribution in [0.15, 0.2) is 231 Å². The van der Waals surface area contributed by atoms with Crippen LogP contribution in [0.1, 0.15) is 5.56 Å². The lowest BCUT2D eigenvalue weighted by Gasteiger charge is -2.26. The predicted molar refractivity (Wildman–Crippen MR) is 247 cm³/mol. The van der Waals surface area contributed by atoms with Crippen LogP contribution in [-0.2, 0) is 0 Å². The smallest absolute Gasteiger partial charge is 0.0541 e. The van der Waals surface area contributed by atoms with Gasteiger partial charge in [-0.1, -0.05) is 176 Å².